The average Bonchev–Trinajstić information content (AvgIpc) is 3.09. The molecule has 0 aliphatic heterocycles. The van der Waals surface area contributed by atoms with Crippen molar-refractivity contribution in [3.8, 4) is 23.0 Å². The molecule has 3 aromatic rings. The summed E-state index contributed by atoms with van der Waals surface area (Å²) < 4.78 is 5.51. The maximum atomic E-state index is 12.1. The Morgan fingerprint density at radius 3 is 2.13 bits per heavy atom. The fourth-order valence-electron chi connectivity index (χ4n) is 3.75. The number of hydrogen-bond acceptors (Lipinski definition) is 3. The molecule has 0 fully saturated rings. The third-order valence-corrected chi connectivity index (χ3v) is 5.28. The number of nitrogens with zero attached hydrogens (tertiary/aromatic N) is 1. The summed E-state index contributed by atoms with van der Waals surface area (Å²) in [6.07, 6.45) is -0.450. The monoisotopic (exact) mass is 396 g/mol. The van der Waals surface area contributed by atoms with E-state index in [-0.39, 0.29) is 12.5 Å². The first-order valence-electron chi connectivity index (χ1n) is 9.98. The summed E-state index contributed by atoms with van der Waals surface area (Å²) in [7, 11) is 4.00. The molecule has 30 heavy (non-hydrogen) atoms. The van der Waals surface area contributed by atoms with E-state index in [4.69, 9.17) is 4.74 Å². The van der Waals surface area contributed by atoms with Crippen molar-refractivity contribution in [1.29, 1.82) is 0 Å². The first-order valence-corrected chi connectivity index (χ1v) is 9.98. The summed E-state index contributed by atoms with van der Waals surface area (Å²) in [5.74, 6) is 6.08. The van der Waals surface area contributed by atoms with Crippen LogP contribution in [0, 0.1) is 11.8 Å². The van der Waals surface area contributed by atoms with Crippen LogP contribution in [-0.4, -0.2) is 33.3 Å². The molecule has 0 atom stereocenters. The highest BCUT2D eigenvalue weighted by atomic mass is 16.5. The van der Waals surface area contributed by atoms with Gasteiger partial charge in [-0.1, -0.05) is 60.4 Å². The van der Waals surface area contributed by atoms with Crippen molar-refractivity contribution in [2.45, 2.75) is 5.92 Å². The zero-order valence-electron chi connectivity index (χ0n) is 17.2. The number of fused-ring (bicyclic) bond motifs is 3. The Balaban J connectivity index is 1.32. The van der Waals surface area contributed by atoms with Crippen molar-refractivity contribution < 1.29 is 9.53 Å². The number of amides is 1. The lowest BCUT2D eigenvalue weighted by Gasteiger charge is -2.14. The van der Waals surface area contributed by atoms with Gasteiger partial charge in [-0.05, 0) is 46.5 Å². The number of alkyl carbamates (subject to hydrolysis) is 1. The summed E-state index contributed by atoms with van der Waals surface area (Å²) in [5.41, 5.74) is 6.87. The standard InChI is InChI=1S/C26H24N2O2/c1-28(2)20-15-13-19(14-16-20)8-7-17-27-26(29)30-18-25-23-11-5-3-9-21(23)22-10-4-6-12-24(22)25/h3-6,9-16,25H,17-18H2,1-2H3,(H,27,29). The number of carbonyl (C=O) groups excluding carboxylic acids is 1. The average molecular weight is 396 g/mol. The third kappa shape index (κ3) is 4.16. The summed E-state index contributed by atoms with van der Waals surface area (Å²) in [6.45, 7) is 0.547. The van der Waals surface area contributed by atoms with Gasteiger partial charge in [0.25, 0.3) is 0 Å². The van der Waals surface area contributed by atoms with Gasteiger partial charge in [0, 0.05) is 31.3 Å². The molecule has 3 aromatic carbocycles. The molecule has 150 valence electrons. The Bertz CT molecular complexity index is 1060. The molecule has 0 spiro atoms. The van der Waals surface area contributed by atoms with Crippen LogP contribution < -0.4 is 10.2 Å². The van der Waals surface area contributed by atoms with Crippen LogP contribution in [0.2, 0.25) is 0 Å². The molecule has 4 heteroatoms. The molecule has 1 N–H and O–H groups in total. The van der Waals surface area contributed by atoms with Gasteiger partial charge in [-0.25, -0.2) is 4.79 Å². The highest BCUT2D eigenvalue weighted by molar-refractivity contribution is 5.79. The first-order chi connectivity index (χ1) is 14.6. The normalized spacial score (nSPS) is 11.7. The van der Waals surface area contributed by atoms with Gasteiger partial charge in [0.15, 0.2) is 0 Å². The van der Waals surface area contributed by atoms with Crippen molar-refractivity contribution in [1.82, 2.24) is 5.32 Å². The molecule has 0 saturated carbocycles. The number of hydrogen-bond donors (Lipinski definition) is 1. The Hall–Kier alpha value is -3.71. The molecule has 0 aromatic heterocycles. The first kappa shape index (κ1) is 19.6. The van der Waals surface area contributed by atoms with Crippen LogP contribution in [0.15, 0.2) is 72.8 Å². The predicted octanol–water partition coefficient (Wildman–Crippen LogP) is 4.64. The quantitative estimate of drug-likeness (QED) is 0.653. The Kier molecular flexibility index (Phi) is 5.72. The largest absolute Gasteiger partial charge is 0.449 e. The van der Waals surface area contributed by atoms with Crippen LogP contribution in [-0.2, 0) is 4.74 Å². The SMILES string of the molecule is CN(C)c1ccc(C#CCNC(=O)OCC2c3ccccc3-c3ccccc32)cc1. The fraction of sp³-hybridized carbons (Fsp3) is 0.192. The van der Waals surface area contributed by atoms with E-state index in [9.17, 15) is 4.79 Å². The highest BCUT2D eigenvalue weighted by Gasteiger charge is 2.28. The van der Waals surface area contributed by atoms with E-state index in [0.717, 1.165) is 11.3 Å². The van der Waals surface area contributed by atoms with Crippen LogP contribution in [0.3, 0.4) is 0 Å². The molecule has 1 aliphatic carbocycles. The van der Waals surface area contributed by atoms with Gasteiger partial charge in [0.05, 0.1) is 6.54 Å². The molecule has 0 radical (unpaired) electrons. The second-order valence-electron chi connectivity index (χ2n) is 7.42. The second-order valence-corrected chi connectivity index (χ2v) is 7.42. The van der Waals surface area contributed by atoms with Crippen molar-refractivity contribution in [2.75, 3.05) is 32.1 Å². The number of rotatable bonds is 4. The molecule has 0 saturated heterocycles. The number of anilines is 1. The van der Waals surface area contributed by atoms with Gasteiger partial charge in [-0.15, -0.1) is 0 Å². The molecule has 0 bridgehead atoms. The summed E-state index contributed by atoms with van der Waals surface area (Å²) in [5, 5.41) is 2.71. The highest BCUT2D eigenvalue weighted by Crippen LogP contribution is 2.44. The van der Waals surface area contributed by atoms with E-state index < -0.39 is 6.09 Å². The molecular formula is C26H24N2O2. The Morgan fingerprint density at radius 2 is 1.53 bits per heavy atom. The Morgan fingerprint density at radius 1 is 0.933 bits per heavy atom. The van der Waals surface area contributed by atoms with E-state index in [1.165, 1.54) is 22.3 Å². The summed E-state index contributed by atoms with van der Waals surface area (Å²) >= 11 is 0. The van der Waals surface area contributed by atoms with Crippen LogP contribution in [0.1, 0.15) is 22.6 Å². The van der Waals surface area contributed by atoms with Crippen molar-refractivity contribution in [3.63, 3.8) is 0 Å². The van der Waals surface area contributed by atoms with Gasteiger partial charge < -0.3 is 15.0 Å². The predicted molar refractivity (Wildman–Crippen MR) is 121 cm³/mol. The minimum absolute atomic E-state index is 0.0597. The van der Waals surface area contributed by atoms with Crippen LogP contribution in [0.25, 0.3) is 11.1 Å². The number of carbonyl (C=O) groups is 1. The van der Waals surface area contributed by atoms with Crippen LogP contribution in [0.5, 0.6) is 0 Å². The van der Waals surface area contributed by atoms with Gasteiger partial charge in [0.1, 0.15) is 6.61 Å². The second kappa shape index (κ2) is 8.75. The topological polar surface area (TPSA) is 41.6 Å². The molecule has 1 amide bonds. The lowest BCUT2D eigenvalue weighted by Crippen LogP contribution is -2.26. The van der Waals surface area contributed by atoms with Gasteiger partial charge in [-0.3, -0.25) is 0 Å². The maximum absolute atomic E-state index is 12.1. The molecule has 0 unspecified atom stereocenters. The van der Waals surface area contributed by atoms with Gasteiger partial charge in [0.2, 0.25) is 0 Å². The molecule has 4 rings (SSSR count). The van der Waals surface area contributed by atoms with E-state index in [0.29, 0.717) is 6.61 Å². The zero-order valence-corrected chi connectivity index (χ0v) is 17.2. The minimum atomic E-state index is -0.450. The number of benzene rings is 3. The molecule has 0 heterocycles. The molecule has 1 aliphatic rings. The van der Waals surface area contributed by atoms with E-state index in [2.05, 4.69) is 41.4 Å². The lowest BCUT2D eigenvalue weighted by atomic mass is 9.98. The van der Waals surface area contributed by atoms with Crippen molar-refractivity contribution in [2.24, 2.45) is 0 Å². The van der Waals surface area contributed by atoms with E-state index in [1.807, 2.05) is 67.5 Å². The zero-order chi connectivity index (χ0) is 20.9. The van der Waals surface area contributed by atoms with E-state index in [1.54, 1.807) is 0 Å². The minimum Gasteiger partial charge on any atom is -0.449 e. The maximum Gasteiger partial charge on any atom is 0.407 e. The van der Waals surface area contributed by atoms with Crippen molar-refractivity contribution >= 4 is 11.8 Å². The lowest BCUT2D eigenvalue weighted by molar-refractivity contribution is 0.144. The fourth-order valence-corrected chi connectivity index (χ4v) is 3.75. The van der Waals surface area contributed by atoms with Gasteiger partial charge >= 0.3 is 6.09 Å². The molecular weight excluding hydrogens is 372 g/mol. The number of nitrogens with one attached hydrogen (secondary N) is 1. The Labute approximate surface area is 177 Å². The molecule has 4 nitrogen and oxygen atoms in total. The summed E-state index contributed by atoms with van der Waals surface area (Å²) in [4.78, 5) is 14.2. The van der Waals surface area contributed by atoms with E-state index >= 15 is 0 Å². The third-order valence-electron chi connectivity index (χ3n) is 5.28. The number of ether oxygens (including phenoxy) is 1. The van der Waals surface area contributed by atoms with Gasteiger partial charge in [-0.2, -0.15) is 0 Å². The van der Waals surface area contributed by atoms with Crippen molar-refractivity contribution in [3.05, 3.63) is 89.5 Å². The summed E-state index contributed by atoms with van der Waals surface area (Å²) in [6, 6.07) is 24.6. The van der Waals surface area contributed by atoms with Crippen LogP contribution in [0.4, 0.5) is 10.5 Å². The smallest absolute Gasteiger partial charge is 0.407 e. The van der Waals surface area contributed by atoms with Crippen LogP contribution >= 0.6 is 0 Å².